The fraction of sp³-hybridized carbons (Fsp3) is 0.312. The molecule has 19 heavy (non-hydrogen) atoms. The van der Waals surface area contributed by atoms with Gasteiger partial charge in [0.1, 0.15) is 0 Å². The van der Waals surface area contributed by atoms with Gasteiger partial charge in [-0.2, -0.15) is 0 Å². The van der Waals surface area contributed by atoms with Gasteiger partial charge in [-0.3, -0.25) is 4.98 Å². The molecule has 0 saturated heterocycles. The molecule has 3 heteroatoms. The van der Waals surface area contributed by atoms with Crippen LogP contribution in [0.1, 0.15) is 30.9 Å². The topological polar surface area (TPSA) is 38.9 Å². The zero-order chi connectivity index (χ0) is 13.7. The first-order valence-electron chi connectivity index (χ1n) is 6.58. The van der Waals surface area contributed by atoms with Crippen LogP contribution in [0.5, 0.6) is 0 Å². The van der Waals surface area contributed by atoms with Crippen molar-refractivity contribution in [3.63, 3.8) is 0 Å². The predicted molar refractivity (Wildman–Crippen MR) is 82.9 cm³/mol. The lowest BCUT2D eigenvalue weighted by molar-refractivity contribution is 0.400. The van der Waals surface area contributed by atoms with Gasteiger partial charge in [0, 0.05) is 22.4 Å². The van der Waals surface area contributed by atoms with Crippen molar-refractivity contribution in [3.8, 4) is 0 Å². The molecule has 2 aromatic rings. The quantitative estimate of drug-likeness (QED) is 0.903. The summed E-state index contributed by atoms with van der Waals surface area (Å²) in [4.78, 5) is 4.22. The summed E-state index contributed by atoms with van der Waals surface area (Å²) in [5.74, 6) is 0. The minimum atomic E-state index is -0.321. The van der Waals surface area contributed by atoms with Crippen LogP contribution >= 0.6 is 15.9 Å². The maximum atomic E-state index is 6.67. The van der Waals surface area contributed by atoms with Crippen LogP contribution in [0, 0.1) is 0 Å². The van der Waals surface area contributed by atoms with Gasteiger partial charge < -0.3 is 5.73 Å². The largest absolute Gasteiger partial charge is 0.321 e. The molecular weight excluding hydrogens is 300 g/mol. The predicted octanol–water partition coefficient (Wildman–Crippen LogP) is 4.04. The minimum Gasteiger partial charge on any atom is -0.321 e. The Labute approximate surface area is 123 Å². The molecule has 0 aliphatic heterocycles. The highest BCUT2D eigenvalue weighted by atomic mass is 79.9. The first-order chi connectivity index (χ1) is 9.14. The van der Waals surface area contributed by atoms with Crippen LogP contribution in [-0.4, -0.2) is 4.98 Å². The number of benzene rings is 1. The molecule has 100 valence electrons. The zero-order valence-corrected chi connectivity index (χ0v) is 12.7. The second kappa shape index (κ2) is 6.31. The molecular formula is C16H19BrN2. The van der Waals surface area contributed by atoms with Crippen LogP contribution in [0.25, 0.3) is 0 Å². The van der Waals surface area contributed by atoms with E-state index >= 15 is 0 Å². The summed E-state index contributed by atoms with van der Waals surface area (Å²) in [6.45, 7) is 2.17. The van der Waals surface area contributed by atoms with Gasteiger partial charge in [-0.25, -0.2) is 0 Å². The number of pyridine rings is 1. The monoisotopic (exact) mass is 318 g/mol. The summed E-state index contributed by atoms with van der Waals surface area (Å²) in [7, 11) is 0. The van der Waals surface area contributed by atoms with Crippen LogP contribution < -0.4 is 5.73 Å². The van der Waals surface area contributed by atoms with Crippen molar-refractivity contribution >= 4 is 15.9 Å². The van der Waals surface area contributed by atoms with E-state index in [0.717, 1.165) is 29.3 Å². The molecule has 2 rings (SSSR count). The number of aromatic nitrogens is 1. The number of nitrogens with zero attached hydrogens (tertiary/aromatic N) is 1. The lowest BCUT2D eigenvalue weighted by Crippen LogP contribution is -2.39. The molecule has 2 N–H and O–H groups in total. The molecule has 0 fully saturated rings. The van der Waals surface area contributed by atoms with E-state index in [4.69, 9.17) is 5.73 Å². The number of rotatable bonds is 5. The second-order valence-corrected chi connectivity index (χ2v) is 5.88. The molecule has 1 atom stereocenters. The Morgan fingerprint density at radius 3 is 2.58 bits per heavy atom. The van der Waals surface area contributed by atoms with Crippen LogP contribution in [0.3, 0.4) is 0 Å². The third-order valence-electron chi connectivity index (χ3n) is 3.33. The van der Waals surface area contributed by atoms with Gasteiger partial charge in [0.2, 0.25) is 0 Å². The normalized spacial score (nSPS) is 14.1. The molecule has 0 aliphatic carbocycles. The number of hydrogen-bond donors (Lipinski definition) is 1. The fourth-order valence-electron chi connectivity index (χ4n) is 2.47. The lowest BCUT2D eigenvalue weighted by Gasteiger charge is -2.30. The van der Waals surface area contributed by atoms with E-state index in [-0.39, 0.29) is 5.54 Å². The maximum Gasteiger partial charge on any atom is 0.0450 e. The molecule has 2 nitrogen and oxygen atoms in total. The van der Waals surface area contributed by atoms with Crippen molar-refractivity contribution in [1.82, 2.24) is 4.98 Å². The van der Waals surface area contributed by atoms with Gasteiger partial charge in [-0.15, -0.1) is 0 Å². The van der Waals surface area contributed by atoms with Crippen molar-refractivity contribution < 1.29 is 0 Å². The molecule has 0 aliphatic rings. The third-order valence-corrected chi connectivity index (χ3v) is 3.76. The molecule has 0 amide bonds. The van der Waals surface area contributed by atoms with E-state index < -0.39 is 0 Å². The maximum absolute atomic E-state index is 6.67. The number of hydrogen-bond acceptors (Lipinski definition) is 2. The first kappa shape index (κ1) is 14.2. The van der Waals surface area contributed by atoms with Crippen molar-refractivity contribution in [3.05, 3.63) is 64.4 Å². The summed E-state index contributed by atoms with van der Waals surface area (Å²) >= 11 is 3.46. The van der Waals surface area contributed by atoms with E-state index in [9.17, 15) is 0 Å². The highest BCUT2D eigenvalue weighted by molar-refractivity contribution is 9.10. The van der Waals surface area contributed by atoms with E-state index in [1.807, 2.05) is 24.4 Å². The molecule has 0 spiro atoms. The van der Waals surface area contributed by atoms with Crippen molar-refractivity contribution in [2.45, 2.75) is 31.7 Å². The Morgan fingerprint density at radius 1 is 1.21 bits per heavy atom. The van der Waals surface area contributed by atoms with Gasteiger partial charge in [0.15, 0.2) is 0 Å². The SMILES string of the molecule is CCCC(N)(Cc1cncc(Br)c1)c1ccccc1. The highest BCUT2D eigenvalue weighted by Gasteiger charge is 2.26. The molecule has 0 saturated carbocycles. The Bertz CT molecular complexity index is 527. The van der Waals surface area contributed by atoms with Crippen LogP contribution in [0.2, 0.25) is 0 Å². The third kappa shape index (κ3) is 3.64. The van der Waals surface area contributed by atoms with Crippen LogP contribution in [0.4, 0.5) is 0 Å². The number of nitrogens with two attached hydrogens (primary N) is 1. The number of halogens is 1. The molecule has 0 radical (unpaired) electrons. The van der Waals surface area contributed by atoms with Crippen molar-refractivity contribution in [2.75, 3.05) is 0 Å². The summed E-state index contributed by atoms with van der Waals surface area (Å²) < 4.78 is 0.997. The Morgan fingerprint density at radius 2 is 1.95 bits per heavy atom. The lowest BCUT2D eigenvalue weighted by atomic mass is 9.81. The van der Waals surface area contributed by atoms with Gasteiger partial charge >= 0.3 is 0 Å². The molecule has 0 bridgehead atoms. The fourth-order valence-corrected chi connectivity index (χ4v) is 2.88. The van der Waals surface area contributed by atoms with Gasteiger partial charge in [0.25, 0.3) is 0 Å². The van der Waals surface area contributed by atoms with Crippen molar-refractivity contribution in [2.24, 2.45) is 5.73 Å². The highest BCUT2D eigenvalue weighted by Crippen LogP contribution is 2.28. The molecule has 1 heterocycles. The van der Waals surface area contributed by atoms with Crippen LogP contribution in [-0.2, 0) is 12.0 Å². The summed E-state index contributed by atoms with van der Waals surface area (Å²) in [6.07, 6.45) is 6.52. The summed E-state index contributed by atoms with van der Waals surface area (Å²) in [6, 6.07) is 12.4. The van der Waals surface area contributed by atoms with Gasteiger partial charge in [-0.1, -0.05) is 43.7 Å². The smallest absolute Gasteiger partial charge is 0.0450 e. The van der Waals surface area contributed by atoms with E-state index in [1.54, 1.807) is 6.20 Å². The van der Waals surface area contributed by atoms with E-state index in [1.165, 1.54) is 5.56 Å². The average molecular weight is 319 g/mol. The van der Waals surface area contributed by atoms with Gasteiger partial charge in [-0.05, 0) is 46.0 Å². The minimum absolute atomic E-state index is 0.321. The van der Waals surface area contributed by atoms with Crippen LogP contribution in [0.15, 0.2) is 53.3 Å². The Kier molecular flexibility index (Phi) is 4.72. The average Bonchev–Trinajstić information content (AvgIpc) is 2.40. The van der Waals surface area contributed by atoms with E-state index in [2.05, 4.69) is 46.0 Å². The van der Waals surface area contributed by atoms with Crippen molar-refractivity contribution in [1.29, 1.82) is 0 Å². The molecule has 1 aromatic heterocycles. The second-order valence-electron chi connectivity index (χ2n) is 4.96. The zero-order valence-electron chi connectivity index (χ0n) is 11.1. The first-order valence-corrected chi connectivity index (χ1v) is 7.37. The Balaban J connectivity index is 2.30. The molecule has 1 aromatic carbocycles. The van der Waals surface area contributed by atoms with E-state index in [0.29, 0.717) is 0 Å². The summed E-state index contributed by atoms with van der Waals surface area (Å²) in [5, 5.41) is 0. The summed E-state index contributed by atoms with van der Waals surface area (Å²) in [5.41, 5.74) is 8.70. The molecule has 1 unspecified atom stereocenters. The van der Waals surface area contributed by atoms with Gasteiger partial charge in [0.05, 0.1) is 0 Å². The Hall–Kier alpha value is -1.19. The standard InChI is InChI=1S/C16H19BrN2/c1-2-8-16(18,14-6-4-3-5-7-14)10-13-9-15(17)12-19-11-13/h3-7,9,11-12H,2,8,10,18H2,1H3.